The molecule has 0 bridgehead atoms. The molecule has 0 aliphatic heterocycles. The summed E-state index contributed by atoms with van der Waals surface area (Å²) >= 11 is 6.55. The standard InChI is InChI=1S/C30H23ClN6/c31-24-16-22(20-7-5-9-25(18-20)36-29(32)27-11-1-3-13-34-27)15-23(17-24)21-8-6-10-26(19-21)37-30(33)28-12-2-4-14-35-28/h1-19H,(H2,32,36)(H2,33,37). The zero-order valence-corrected chi connectivity index (χ0v) is 20.5. The summed E-state index contributed by atoms with van der Waals surface area (Å²) in [4.78, 5) is 17.6. The van der Waals surface area contributed by atoms with Gasteiger partial charge in [-0.15, -0.1) is 0 Å². The first-order valence-corrected chi connectivity index (χ1v) is 12.0. The van der Waals surface area contributed by atoms with Crippen LogP contribution in [0.3, 0.4) is 0 Å². The summed E-state index contributed by atoms with van der Waals surface area (Å²) in [7, 11) is 0. The molecule has 2 heterocycles. The molecule has 180 valence electrons. The van der Waals surface area contributed by atoms with Crippen LogP contribution in [0.4, 0.5) is 11.4 Å². The van der Waals surface area contributed by atoms with E-state index in [-0.39, 0.29) is 0 Å². The fraction of sp³-hybridized carbons (Fsp3) is 0. The number of amidine groups is 2. The van der Waals surface area contributed by atoms with Crippen molar-refractivity contribution in [3.05, 3.63) is 132 Å². The number of halogens is 1. The van der Waals surface area contributed by atoms with Gasteiger partial charge in [0.05, 0.1) is 11.4 Å². The molecule has 5 aromatic rings. The van der Waals surface area contributed by atoms with Crippen LogP contribution in [-0.4, -0.2) is 21.6 Å². The molecule has 0 aliphatic rings. The van der Waals surface area contributed by atoms with Gasteiger partial charge in [0.15, 0.2) is 0 Å². The van der Waals surface area contributed by atoms with E-state index in [2.05, 4.69) is 26.0 Å². The van der Waals surface area contributed by atoms with E-state index in [0.29, 0.717) is 28.1 Å². The SMILES string of the molecule is NC(=Nc1cccc(-c2cc(Cl)cc(-c3cccc(N=C(N)c4ccccn4)c3)c2)c1)c1ccccn1. The van der Waals surface area contributed by atoms with Gasteiger partial charge in [0.25, 0.3) is 0 Å². The summed E-state index contributed by atoms with van der Waals surface area (Å²) in [6.07, 6.45) is 3.38. The summed E-state index contributed by atoms with van der Waals surface area (Å²) < 4.78 is 0. The third-order valence-corrected chi connectivity index (χ3v) is 5.83. The topological polar surface area (TPSA) is 103 Å². The molecule has 7 heteroatoms. The number of aromatic nitrogens is 2. The minimum absolute atomic E-state index is 0.354. The van der Waals surface area contributed by atoms with Crippen LogP contribution < -0.4 is 11.5 Å². The number of nitrogens with two attached hydrogens (primary N) is 2. The summed E-state index contributed by atoms with van der Waals surface area (Å²) in [6.45, 7) is 0. The number of hydrogen-bond acceptors (Lipinski definition) is 4. The second-order valence-corrected chi connectivity index (χ2v) is 8.69. The lowest BCUT2D eigenvalue weighted by Gasteiger charge is -2.09. The number of aliphatic imine (C=N–C) groups is 2. The summed E-state index contributed by atoms with van der Waals surface area (Å²) in [6, 6.07) is 32.7. The molecule has 2 aromatic heterocycles. The molecular weight excluding hydrogens is 480 g/mol. The Kier molecular flexibility index (Phi) is 7.01. The normalized spacial score (nSPS) is 11.9. The zero-order valence-electron chi connectivity index (χ0n) is 19.8. The smallest absolute Gasteiger partial charge is 0.150 e. The van der Waals surface area contributed by atoms with Gasteiger partial charge in [0, 0.05) is 17.4 Å². The Bertz CT molecular complexity index is 1480. The number of rotatable bonds is 6. The van der Waals surface area contributed by atoms with Gasteiger partial charge >= 0.3 is 0 Å². The Hall–Kier alpha value is -4.81. The van der Waals surface area contributed by atoms with Crippen molar-refractivity contribution in [2.75, 3.05) is 0 Å². The Morgan fingerprint density at radius 2 is 1.03 bits per heavy atom. The third-order valence-electron chi connectivity index (χ3n) is 5.61. The Balaban J connectivity index is 1.47. The monoisotopic (exact) mass is 502 g/mol. The van der Waals surface area contributed by atoms with Gasteiger partial charge in [0.2, 0.25) is 0 Å². The lowest BCUT2D eigenvalue weighted by atomic mass is 9.98. The van der Waals surface area contributed by atoms with Crippen molar-refractivity contribution >= 4 is 34.6 Å². The predicted octanol–water partition coefficient (Wildman–Crippen LogP) is 6.54. The number of nitrogens with zero attached hydrogens (tertiary/aromatic N) is 4. The first kappa shape index (κ1) is 23.9. The van der Waals surface area contributed by atoms with Crippen LogP contribution in [0.25, 0.3) is 22.3 Å². The molecule has 0 amide bonds. The van der Waals surface area contributed by atoms with Crippen molar-refractivity contribution in [3.8, 4) is 22.3 Å². The minimum atomic E-state index is 0.354. The lowest BCUT2D eigenvalue weighted by molar-refractivity contribution is 1.27. The predicted molar refractivity (Wildman–Crippen MR) is 152 cm³/mol. The van der Waals surface area contributed by atoms with E-state index in [0.717, 1.165) is 33.6 Å². The fourth-order valence-electron chi connectivity index (χ4n) is 3.85. The molecule has 0 fully saturated rings. The molecule has 0 saturated heterocycles. The van der Waals surface area contributed by atoms with Crippen molar-refractivity contribution in [1.82, 2.24) is 9.97 Å². The van der Waals surface area contributed by atoms with Gasteiger partial charge in [-0.25, -0.2) is 9.98 Å². The van der Waals surface area contributed by atoms with Crippen molar-refractivity contribution in [2.24, 2.45) is 21.5 Å². The Morgan fingerprint density at radius 1 is 0.541 bits per heavy atom. The van der Waals surface area contributed by atoms with E-state index < -0.39 is 0 Å². The van der Waals surface area contributed by atoms with Gasteiger partial charge in [-0.1, -0.05) is 48.0 Å². The van der Waals surface area contributed by atoms with E-state index >= 15 is 0 Å². The second kappa shape index (κ2) is 10.8. The van der Waals surface area contributed by atoms with E-state index in [1.807, 2.05) is 97.1 Å². The van der Waals surface area contributed by atoms with Crippen LogP contribution in [0.1, 0.15) is 11.4 Å². The van der Waals surface area contributed by atoms with Gasteiger partial charge in [-0.2, -0.15) is 0 Å². The Labute approximate surface area is 220 Å². The quantitative estimate of drug-likeness (QED) is 0.203. The van der Waals surface area contributed by atoms with E-state index in [1.165, 1.54) is 0 Å². The Morgan fingerprint density at radius 3 is 1.46 bits per heavy atom. The highest BCUT2D eigenvalue weighted by molar-refractivity contribution is 6.31. The average molecular weight is 503 g/mol. The van der Waals surface area contributed by atoms with Gasteiger partial charge in [-0.3, -0.25) is 9.97 Å². The number of hydrogen-bond donors (Lipinski definition) is 2. The van der Waals surface area contributed by atoms with Crippen LogP contribution in [-0.2, 0) is 0 Å². The maximum absolute atomic E-state index is 6.55. The van der Waals surface area contributed by atoms with Crippen molar-refractivity contribution in [3.63, 3.8) is 0 Å². The maximum atomic E-state index is 6.55. The maximum Gasteiger partial charge on any atom is 0.150 e. The van der Waals surface area contributed by atoms with Gasteiger partial charge < -0.3 is 11.5 Å². The summed E-state index contributed by atoms with van der Waals surface area (Å²) in [5.74, 6) is 0.707. The minimum Gasteiger partial charge on any atom is -0.382 e. The van der Waals surface area contributed by atoms with Crippen molar-refractivity contribution < 1.29 is 0 Å². The van der Waals surface area contributed by atoms with Crippen LogP contribution in [0.5, 0.6) is 0 Å². The zero-order chi connectivity index (χ0) is 25.6. The number of pyridine rings is 2. The third kappa shape index (κ3) is 5.89. The van der Waals surface area contributed by atoms with E-state index in [4.69, 9.17) is 23.1 Å². The van der Waals surface area contributed by atoms with Crippen LogP contribution in [0.15, 0.2) is 126 Å². The highest BCUT2D eigenvalue weighted by atomic mass is 35.5. The molecule has 0 spiro atoms. The summed E-state index contributed by atoms with van der Waals surface area (Å²) in [5.41, 5.74) is 18.9. The molecule has 0 saturated carbocycles. The van der Waals surface area contributed by atoms with Crippen LogP contribution in [0.2, 0.25) is 5.02 Å². The molecule has 0 unspecified atom stereocenters. The molecule has 0 aliphatic carbocycles. The average Bonchev–Trinajstić information content (AvgIpc) is 2.94. The first-order chi connectivity index (χ1) is 18.0. The van der Waals surface area contributed by atoms with E-state index in [1.54, 1.807) is 12.4 Å². The highest BCUT2D eigenvalue weighted by Gasteiger charge is 2.08. The van der Waals surface area contributed by atoms with Gasteiger partial charge in [-0.05, 0) is 89.0 Å². The molecule has 0 atom stereocenters. The lowest BCUT2D eigenvalue weighted by Crippen LogP contribution is -2.14. The van der Waals surface area contributed by atoms with E-state index in [9.17, 15) is 0 Å². The van der Waals surface area contributed by atoms with Gasteiger partial charge in [0.1, 0.15) is 23.1 Å². The molecular formula is C30H23ClN6. The van der Waals surface area contributed by atoms with Crippen molar-refractivity contribution in [2.45, 2.75) is 0 Å². The molecule has 37 heavy (non-hydrogen) atoms. The molecule has 0 radical (unpaired) electrons. The largest absolute Gasteiger partial charge is 0.382 e. The fourth-order valence-corrected chi connectivity index (χ4v) is 4.09. The van der Waals surface area contributed by atoms with Crippen LogP contribution in [0, 0.1) is 0 Å². The number of benzene rings is 3. The first-order valence-electron chi connectivity index (χ1n) is 11.6. The molecule has 3 aromatic carbocycles. The highest BCUT2D eigenvalue weighted by Crippen LogP contribution is 2.33. The molecule has 6 nitrogen and oxygen atoms in total. The van der Waals surface area contributed by atoms with Crippen molar-refractivity contribution in [1.29, 1.82) is 0 Å². The molecule has 4 N–H and O–H groups in total. The molecule has 5 rings (SSSR count). The van der Waals surface area contributed by atoms with Crippen LogP contribution >= 0.6 is 11.6 Å². The summed E-state index contributed by atoms with van der Waals surface area (Å²) in [5, 5.41) is 0.622. The second-order valence-electron chi connectivity index (χ2n) is 8.25.